The van der Waals surface area contributed by atoms with E-state index >= 15 is 0 Å². The average molecular weight is 303 g/mol. The maximum Gasteiger partial charge on any atom is 0.338 e. The van der Waals surface area contributed by atoms with Gasteiger partial charge in [0.2, 0.25) is 0 Å². The Bertz CT molecular complexity index is 653. The second-order valence-corrected chi connectivity index (χ2v) is 4.49. The van der Waals surface area contributed by atoms with E-state index in [9.17, 15) is 14.0 Å². The highest BCUT2D eigenvalue weighted by atomic mass is 19.1. The maximum absolute atomic E-state index is 12.7. The molecule has 0 saturated heterocycles. The molecule has 2 N–H and O–H groups in total. The van der Waals surface area contributed by atoms with Crippen molar-refractivity contribution in [1.82, 2.24) is 0 Å². The van der Waals surface area contributed by atoms with Crippen LogP contribution in [-0.4, -0.2) is 23.6 Å². The van der Waals surface area contributed by atoms with E-state index in [0.29, 0.717) is 11.3 Å². The molecule has 0 radical (unpaired) electrons. The fourth-order valence-electron chi connectivity index (χ4n) is 1.69. The van der Waals surface area contributed by atoms with Crippen LogP contribution in [0.2, 0.25) is 0 Å². The molecule has 0 aromatic heterocycles. The van der Waals surface area contributed by atoms with E-state index in [1.165, 1.54) is 36.4 Å². The molecule has 0 heterocycles. The standard InChI is InChI=1S/C16H14FNO4/c17-13-5-7-14(8-6-13)18-15(20)10-22-16(21)12-3-1-11(9-19)2-4-12/h1-8,19H,9-10H2,(H,18,20). The van der Waals surface area contributed by atoms with Crippen molar-refractivity contribution in [3.05, 3.63) is 65.5 Å². The largest absolute Gasteiger partial charge is 0.452 e. The minimum absolute atomic E-state index is 0.116. The molecule has 114 valence electrons. The van der Waals surface area contributed by atoms with Crippen molar-refractivity contribution in [2.45, 2.75) is 6.61 Å². The summed E-state index contributed by atoms with van der Waals surface area (Å²) in [6.45, 7) is -0.562. The van der Waals surface area contributed by atoms with Gasteiger partial charge in [-0.2, -0.15) is 0 Å². The first-order chi connectivity index (χ1) is 10.6. The molecule has 0 fully saturated rings. The molecule has 22 heavy (non-hydrogen) atoms. The number of carbonyl (C=O) groups is 2. The van der Waals surface area contributed by atoms with Crippen LogP contribution in [0.4, 0.5) is 10.1 Å². The lowest BCUT2D eigenvalue weighted by Crippen LogP contribution is -2.20. The van der Waals surface area contributed by atoms with Crippen molar-refractivity contribution < 1.29 is 23.8 Å². The number of aliphatic hydroxyl groups excluding tert-OH is 1. The van der Waals surface area contributed by atoms with Gasteiger partial charge in [-0.25, -0.2) is 9.18 Å². The van der Waals surface area contributed by atoms with Crippen molar-refractivity contribution in [3.63, 3.8) is 0 Å². The number of hydrogen-bond donors (Lipinski definition) is 2. The number of halogens is 1. The lowest BCUT2D eigenvalue weighted by molar-refractivity contribution is -0.119. The second kappa shape index (κ2) is 7.33. The lowest BCUT2D eigenvalue weighted by atomic mass is 10.1. The minimum atomic E-state index is -0.640. The van der Waals surface area contributed by atoms with Crippen LogP contribution in [0.25, 0.3) is 0 Å². The summed E-state index contributed by atoms with van der Waals surface area (Å²) in [5.41, 5.74) is 1.37. The zero-order valence-corrected chi connectivity index (χ0v) is 11.6. The number of aliphatic hydroxyl groups is 1. The van der Waals surface area contributed by atoms with Crippen LogP contribution in [0.1, 0.15) is 15.9 Å². The number of carbonyl (C=O) groups excluding carboxylic acids is 2. The van der Waals surface area contributed by atoms with E-state index in [1.807, 2.05) is 0 Å². The number of benzene rings is 2. The molecule has 0 spiro atoms. The van der Waals surface area contributed by atoms with Gasteiger partial charge in [-0.15, -0.1) is 0 Å². The van der Waals surface area contributed by atoms with Gasteiger partial charge in [0.1, 0.15) is 5.82 Å². The molecule has 0 bridgehead atoms. The molecule has 1 amide bonds. The highest BCUT2D eigenvalue weighted by Gasteiger charge is 2.10. The number of esters is 1. The third kappa shape index (κ3) is 4.39. The molecule has 0 aliphatic rings. The Morgan fingerprint density at radius 1 is 1.05 bits per heavy atom. The molecule has 0 unspecified atom stereocenters. The zero-order chi connectivity index (χ0) is 15.9. The van der Waals surface area contributed by atoms with Crippen LogP contribution in [0.3, 0.4) is 0 Å². The molecule has 0 atom stereocenters. The fourth-order valence-corrected chi connectivity index (χ4v) is 1.69. The van der Waals surface area contributed by atoms with Crippen molar-refractivity contribution in [2.24, 2.45) is 0 Å². The molecule has 6 heteroatoms. The van der Waals surface area contributed by atoms with Gasteiger partial charge in [0, 0.05) is 5.69 Å². The first kappa shape index (κ1) is 15.7. The van der Waals surface area contributed by atoms with Crippen LogP contribution < -0.4 is 5.32 Å². The number of anilines is 1. The van der Waals surface area contributed by atoms with E-state index in [1.54, 1.807) is 12.1 Å². The zero-order valence-electron chi connectivity index (χ0n) is 11.6. The van der Waals surface area contributed by atoms with E-state index in [0.717, 1.165) is 0 Å². The van der Waals surface area contributed by atoms with E-state index in [2.05, 4.69) is 5.32 Å². The summed E-state index contributed by atoms with van der Waals surface area (Å²) in [6.07, 6.45) is 0. The summed E-state index contributed by atoms with van der Waals surface area (Å²) in [5.74, 6) is -1.57. The number of rotatable bonds is 5. The van der Waals surface area contributed by atoms with Crippen LogP contribution in [0.5, 0.6) is 0 Å². The maximum atomic E-state index is 12.7. The molecular formula is C16H14FNO4. The summed E-state index contributed by atoms with van der Waals surface area (Å²) < 4.78 is 17.6. The predicted molar refractivity (Wildman–Crippen MR) is 77.7 cm³/mol. The first-order valence-electron chi connectivity index (χ1n) is 6.51. The Morgan fingerprint density at radius 2 is 1.68 bits per heavy atom. The number of hydrogen-bond acceptors (Lipinski definition) is 4. The Kier molecular flexibility index (Phi) is 5.21. The Labute approximate surface area is 126 Å². The van der Waals surface area contributed by atoms with Crippen LogP contribution >= 0.6 is 0 Å². The average Bonchev–Trinajstić information content (AvgIpc) is 2.55. The van der Waals surface area contributed by atoms with Gasteiger partial charge >= 0.3 is 5.97 Å². The molecule has 0 saturated carbocycles. The highest BCUT2D eigenvalue weighted by Crippen LogP contribution is 2.09. The van der Waals surface area contributed by atoms with Gasteiger partial charge in [0.15, 0.2) is 6.61 Å². The van der Waals surface area contributed by atoms with Crippen LogP contribution in [-0.2, 0) is 16.1 Å². The van der Waals surface area contributed by atoms with E-state index in [-0.39, 0.29) is 12.2 Å². The molecule has 0 aliphatic heterocycles. The number of ether oxygens (including phenoxy) is 1. The van der Waals surface area contributed by atoms with E-state index < -0.39 is 24.3 Å². The van der Waals surface area contributed by atoms with Crippen LogP contribution in [0, 0.1) is 5.82 Å². The van der Waals surface area contributed by atoms with Gasteiger partial charge in [0.05, 0.1) is 12.2 Å². The molecular weight excluding hydrogens is 289 g/mol. The van der Waals surface area contributed by atoms with Gasteiger partial charge < -0.3 is 15.2 Å². The van der Waals surface area contributed by atoms with Crippen LogP contribution in [0.15, 0.2) is 48.5 Å². The highest BCUT2D eigenvalue weighted by molar-refractivity contribution is 5.95. The Hall–Kier alpha value is -2.73. The third-order valence-electron chi connectivity index (χ3n) is 2.83. The third-order valence-corrected chi connectivity index (χ3v) is 2.83. The predicted octanol–water partition coefficient (Wildman–Crippen LogP) is 2.11. The Balaban J connectivity index is 1.84. The topological polar surface area (TPSA) is 75.6 Å². The minimum Gasteiger partial charge on any atom is -0.452 e. The van der Waals surface area contributed by atoms with Gasteiger partial charge in [-0.1, -0.05) is 12.1 Å². The van der Waals surface area contributed by atoms with Crippen molar-refractivity contribution in [1.29, 1.82) is 0 Å². The molecule has 2 rings (SSSR count). The molecule has 2 aromatic rings. The monoisotopic (exact) mass is 303 g/mol. The SMILES string of the molecule is O=C(COC(=O)c1ccc(CO)cc1)Nc1ccc(F)cc1. The number of nitrogens with one attached hydrogen (secondary N) is 1. The van der Waals surface area contributed by atoms with Gasteiger partial charge in [-0.3, -0.25) is 4.79 Å². The van der Waals surface area contributed by atoms with Gasteiger partial charge in [0.25, 0.3) is 5.91 Å². The fraction of sp³-hybridized carbons (Fsp3) is 0.125. The normalized spacial score (nSPS) is 10.1. The van der Waals surface area contributed by atoms with Crippen molar-refractivity contribution in [3.8, 4) is 0 Å². The molecule has 0 aliphatic carbocycles. The summed E-state index contributed by atoms with van der Waals surface area (Å²) in [6, 6.07) is 11.4. The quantitative estimate of drug-likeness (QED) is 0.830. The Morgan fingerprint density at radius 3 is 2.27 bits per heavy atom. The summed E-state index contributed by atoms with van der Waals surface area (Å²) in [7, 11) is 0. The first-order valence-corrected chi connectivity index (χ1v) is 6.51. The summed E-state index contributed by atoms with van der Waals surface area (Å²) >= 11 is 0. The summed E-state index contributed by atoms with van der Waals surface area (Å²) in [4.78, 5) is 23.3. The molecule has 5 nitrogen and oxygen atoms in total. The summed E-state index contributed by atoms with van der Waals surface area (Å²) in [5, 5.41) is 11.4. The number of amides is 1. The van der Waals surface area contributed by atoms with Gasteiger partial charge in [-0.05, 0) is 42.0 Å². The molecule has 2 aromatic carbocycles. The van der Waals surface area contributed by atoms with Crippen molar-refractivity contribution in [2.75, 3.05) is 11.9 Å². The second-order valence-electron chi connectivity index (χ2n) is 4.49. The van der Waals surface area contributed by atoms with E-state index in [4.69, 9.17) is 9.84 Å². The smallest absolute Gasteiger partial charge is 0.338 e. The lowest BCUT2D eigenvalue weighted by Gasteiger charge is -2.07. The van der Waals surface area contributed by atoms with Crippen molar-refractivity contribution >= 4 is 17.6 Å².